The molecule has 34 heavy (non-hydrogen) atoms. The maximum Gasteiger partial charge on any atom is 0.246 e. The van der Waals surface area contributed by atoms with Crippen LogP contribution in [0.3, 0.4) is 0 Å². The molecule has 186 valence electrons. The van der Waals surface area contributed by atoms with Gasteiger partial charge in [-0.15, -0.1) is 0 Å². The van der Waals surface area contributed by atoms with Crippen LogP contribution in [0.25, 0.3) is 0 Å². The van der Waals surface area contributed by atoms with Crippen LogP contribution >= 0.6 is 0 Å². The van der Waals surface area contributed by atoms with Crippen LogP contribution < -0.4 is 16.0 Å². The number of hydrogen-bond donors (Lipinski definition) is 4. The van der Waals surface area contributed by atoms with Gasteiger partial charge < -0.3 is 26.0 Å². The van der Waals surface area contributed by atoms with Crippen LogP contribution in [0.5, 0.6) is 0 Å². The Bertz CT molecular complexity index is 922. The highest BCUT2D eigenvalue weighted by molar-refractivity contribution is 5.94. The second kappa shape index (κ2) is 10.4. The molecule has 0 saturated carbocycles. The third-order valence-corrected chi connectivity index (χ3v) is 7.96. The number of likely N-dealkylation sites (N-methyl/N-ethyl adjacent to an activating group) is 1. The molecule has 0 radical (unpaired) electrons. The summed E-state index contributed by atoms with van der Waals surface area (Å²) in [6.07, 6.45) is 4.34. The summed E-state index contributed by atoms with van der Waals surface area (Å²) in [6.45, 7) is 3.69. The number of carbonyl (C=O) groups excluding carboxylic acids is 3. The molecule has 4 N–H and O–H groups in total. The van der Waals surface area contributed by atoms with Gasteiger partial charge in [0.25, 0.3) is 0 Å². The van der Waals surface area contributed by atoms with Crippen LogP contribution in [-0.2, 0) is 20.8 Å². The van der Waals surface area contributed by atoms with E-state index in [1.165, 1.54) is 11.1 Å². The molecule has 0 unspecified atom stereocenters. The molecule has 3 aliphatic rings. The van der Waals surface area contributed by atoms with Crippen molar-refractivity contribution in [3.05, 3.63) is 35.4 Å². The van der Waals surface area contributed by atoms with Gasteiger partial charge in [0, 0.05) is 12.5 Å². The standard InChI is InChI=1S/C26H38N4O4/c1-15-13-18-11-12-22(25(33)28-20-10-6-8-17-7-4-5-9-19(17)20)30(18)26(34)21(14-23(15)31)29-24(32)16(2)27-3/h4-5,7,9,15-16,18,20-23,27,31H,6,8,10-14H2,1-3H3,(H,28,33)(H,29,32)/t15-,16-,18+,20+,21-,22-,23-/m0/s1. The van der Waals surface area contributed by atoms with Crippen LogP contribution in [0.2, 0.25) is 0 Å². The molecule has 1 aliphatic carbocycles. The van der Waals surface area contributed by atoms with E-state index < -0.39 is 24.2 Å². The van der Waals surface area contributed by atoms with Crippen molar-refractivity contribution in [1.82, 2.24) is 20.9 Å². The number of fused-ring (bicyclic) bond motifs is 2. The SMILES string of the molecule is CN[C@@H](C)C(=O)N[C@H]1C[C@H](O)[C@@H](C)C[C@H]2CC[C@@H](C(=O)N[C@@H]3CCCc4ccccc43)N2C1=O. The molecule has 0 spiro atoms. The molecule has 8 nitrogen and oxygen atoms in total. The number of nitrogens with zero attached hydrogens (tertiary/aromatic N) is 1. The zero-order valence-corrected chi connectivity index (χ0v) is 20.4. The van der Waals surface area contributed by atoms with Gasteiger partial charge in [-0.3, -0.25) is 14.4 Å². The van der Waals surface area contributed by atoms with Crippen LogP contribution in [0.15, 0.2) is 24.3 Å². The van der Waals surface area contributed by atoms with E-state index >= 15 is 0 Å². The van der Waals surface area contributed by atoms with E-state index in [1.54, 1.807) is 18.9 Å². The van der Waals surface area contributed by atoms with Gasteiger partial charge in [-0.2, -0.15) is 0 Å². The summed E-state index contributed by atoms with van der Waals surface area (Å²) < 4.78 is 0. The van der Waals surface area contributed by atoms with Gasteiger partial charge in [-0.25, -0.2) is 0 Å². The minimum atomic E-state index is -0.854. The van der Waals surface area contributed by atoms with Crippen molar-refractivity contribution in [3.8, 4) is 0 Å². The third-order valence-electron chi connectivity index (χ3n) is 7.96. The van der Waals surface area contributed by atoms with Crippen LogP contribution in [0, 0.1) is 5.92 Å². The minimum Gasteiger partial charge on any atom is -0.393 e. The normalized spacial score (nSPS) is 32.1. The average molecular weight is 471 g/mol. The summed E-state index contributed by atoms with van der Waals surface area (Å²) in [5.74, 6) is -0.722. The Morgan fingerprint density at radius 1 is 1.09 bits per heavy atom. The van der Waals surface area contributed by atoms with E-state index in [1.807, 2.05) is 19.1 Å². The van der Waals surface area contributed by atoms with E-state index in [0.717, 1.165) is 25.7 Å². The molecular weight excluding hydrogens is 432 g/mol. The highest BCUT2D eigenvalue weighted by Gasteiger charge is 2.46. The predicted molar refractivity (Wildman–Crippen MR) is 129 cm³/mol. The van der Waals surface area contributed by atoms with E-state index in [9.17, 15) is 19.5 Å². The van der Waals surface area contributed by atoms with Crippen LogP contribution in [0.4, 0.5) is 0 Å². The Morgan fingerprint density at radius 2 is 1.85 bits per heavy atom. The molecule has 1 aromatic rings. The predicted octanol–water partition coefficient (Wildman–Crippen LogP) is 1.42. The van der Waals surface area contributed by atoms with Gasteiger partial charge in [0.2, 0.25) is 17.7 Å². The highest BCUT2D eigenvalue weighted by atomic mass is 16.3. The summed E-state index contributed by atoms with van der Waals surface area (Å²) in [5, 5.41) is 19.6. The van der Waals surface area contributed by atoms with Crippen molar-refractivity contribution in [2.24, 2.45) is 5.92 Å². The van der Waals surface area contributed by atoms with Crippen molar-refractivity contribution in [3.63, 3.8) is 0 Å². The molecule has 8 heteroatoms. The Labute approximate surface area is 201 Å². The fourth-order valence-corrected chi connectivity index (χ4v) is 5.77. The smallest absolute Gasteiger partial charge is 0.246 e. The Kier molecular flexibility index (Phi) is 7.57. The minimum absolute atomic E-state index is 0.0336. The monoisotopic (exact) mass is 470 g/mol. The summed E-state index contributed by atoms with van der Waals surface area (Å²) in [5.41, 5.74) is 2.44. The van der Waals surface area contributed by atoms with Gasteiger partial charge in [0.15, 0.2) is 0 Å². The number of hydrogen-bond acceptors (Lipinski definition) is 5. The number of amides is 3. The summed E-state index contributed by atoms with van der Waals surface area (Å²) in [6, 6.07) is 6.19. The summed E-state index contributed by atoms with van der Waals surface area (Å²) in [4.78, 5) is 41.4. The number of aliphatic hydroxyl groups excluding tert-OH is 1. The fourth-order valence-electron chi connectivity index (χ4n) is 5.77. The molecule has 0 bridgehead atoms. The molecule has 2 aliphatic heterocycles. The van der Waals surface area contributed by atoms with Crippen molar-refractivity contribution in [2.45, 2.75) is 95.1 Å². The first-order valence-corrected chi connectivity index (χ1v) is 12.7. The molecule has 2 heterocycles. The van der Waals surface area contributed by atoms with E-state index in [4.69, 9.17) is 0 Å². The van der Waals surface area contributed by atoms with E-state index in [0.29, 0.717) is 12.8 Å². The van der Waals surface area contributed by atoms with Gasteiger partial charge in [0.1, 0.15) is 12.1 Å². The lowest BCUT2D eigenvalue weighted by molar-refractivity contribution is -0.146. The Hall–Kier alpha value is -2.45. The van der Waals surface area contributed by atoms with Gasteiger partial charge >= 0.3 is 0 Å². The number of nitrogens with one attached hydrogen (secondary N) is 3. The van der Waals surface area contributed by atoms with Crippen molar-refractivity contribution >= 4 is 17.7 Å². The highest BCUT2D eigenvalue weighted by Crippen LogP contribution is 2.35. The lowest BCUT2D eigenvalue weighted by atomic mass is 9.87. The number of benzene rings is 1. The summed E-state index contributed by atoms with van der Waals surface area (Å²) in [7, 11) is 1.68. The second-order valence-electron chi connectivity index (χ2n) is 10.2. The molecule has 7 atom stereocenters. The van der Waals surface area contributed by atoms with Crippen molar-refractivity contribution in [1.29, 1.82) is 0 Å². The first-order valence-electron chi connectivity index (χ1n) is 12.7. The Balaban J connectivity index is 1.54. The molecule has 4 rings (SSSR count). The average Bonchev–Trinajstić information content (AvgIpc) is 3.25. The first kappa shape index (κ1) is 24.7. The quantitative estimate of drug-likeness (QED) is 0.520. The number of carbonyl (C=O) groups is 3. The molecule has 3 amide bonds. The molecule has 1 aromatic carbocycles. The largest absolute Gasteiger partial charge is 0.393 e. The molecule has 0 aromatic heterocycles. The molecule has 2 fully saturated rings. The zero-order valence-electron chi connectivity index (χ0n) is 20.4. The molecule has 2 saturated heterocycles. The maximum absolute atomic E-state index is 13.7. The number of aliphatic hydroxyl groups is 1. The first-order chi connectivity index (χ1) is 16.3. The number of rotatable bonds is 5. The topological polar surface area (TPSA) is 111 Å². The van der Waals surface area contributed by atoms with Gasteiger partial charge in [-0.05, 0) is 69.5 Å². The van der Waals surface area contributed by atoms with Crippen LogP contribution in [0.1, 0.15) is 69.5 Å². The van der Waals surface area contributed by atoms with Crippen molar-refractivity contribution in [2.75, 3.05) is 7.05 Å². The van der Waals surface area contributed by atoms with E-state index in [2.05, 4.69) is 28.1 Å². The maximum atomic E-state index is 13.7. The summed E-state index contributed by atoms with van der Waals surface area (Å²) >= 11 is 0. The molecular formula is C26H38N4O4. The van der Waals surface area contributed by atoms with Gasteiger partial charge in [0.05, 0.1) is 18.2 Å². The third kappa shape index (κ3) is 4.98. The fraction of sp³-hybridized carbons (Fsp3) is 0.654. The van der Waals surface area contributed by atoms with Crippen molar-refractivity contribution < 1.29 is 19.5 Å². The lowest BCUT2D eigenvalue weighted by Crippen LogP contribution is -2.59. The van der Waals surface area contributed by atoms with Gasteiger partial charge in [-0.1, -0.05) is 31.2 Å². The van der Waals surface area contributed by atoms with E-state index in [-0.39, 0.29) is 42.1 Å². The Morgan fingerprint density at radius 3 is 2.62 bits per heavy atom. The second-order valence-corrected chi connectivity index (χ2v) is 10.2. The lowest BCUT2D eigenvalue weighted by Gasteiger charge is -2.39. The zero-order chi connectivity index (χ0) is 24.4. The number of aryl methyl sites for hydroxylation is 1. The van der Waals surface area contributed by atoms with Crippen LogP contribution in [-0.4, -0.2) is 65.0 Å².